The maximum absolute atomic E-state index is 14.6. The summed E-state index contributed by atoms with van der Waals surface area (Å²) in [5, 5.41) is 77.8. The van der Waals surface area contributed by atoms with Crippen LogP contribution in [0.3, 0.4) is 0 Å². The Labute approximate surface area is 610 Å². The van der Waals surface area contributed by atoms with E-state index in [1.54, 1.807) is 30.5 Å². The molecule has 4 rings (SSSR count). The van der Waals surface area contributed by atoms with Crippen molar-refractivity contribution < 1.29 is 121 Å². The molecule has 1 aliphatic rings. The number of anilines is 1. The van der Waals surface area contributed by atoms with Crippen LogP contribution in [0.5, 0.6) is 0 Å². The molecule has 1 saturated heterocycles. The van der Waals surface area contributed by atoms with Crippen LogP contribution in [0.15, 0.2) is 54.7 Å². The molecule has 40 heteroatoms. The molecule has 1 aromatic heterocycles. The normalized spacial score (nSPS) is 20.9. The van der Waals surface area contributed by atoms with Crippen LogP contribution in [0.25, 0.3) is 10.9 Å². The first-order chi connectivity index (χ1) is 50.6. The molecule has 0 radical (unpaired) electrons. The van der Waals surface area contributed by atoms with Crippen molar-refractivity contribution in [3.63, 3.8) is 0 Å². The van der Waals surface area contributed by atoms with E-state index in [0.717, 1.165) is 64.7 Å². The molecule has 13 amide bonds. The number of benzene rings is 2. The van der Waals surface area contributed by atoms with E-state index in [1.165, 1.54) is 24.3 Å². The third-order valence-electron chi connectivity index (χ3n) is 16.4. The summed E-state index contributed by atoms with van der Waals surface area (Å²) < 4.78 is 5.62. The van der Waals surface area contributed by atoms with E-state index in [9.17, 15) is 117 Å². The first-order valence-corrected chi connectivity index (χ1v) is 34.0. The molecule has 107 heavy (non-hydrogen) atoms. The number of Topliss-reactive ketones (excluding diaryl/α,β-unsaturated/α-hetero) is 1. The molecule has 3 aromatic rings. The minimum Gasteiger partial charge on any atom is -0.481 e. The second-order valence-electron chi connectivity index (χ2n) is 25.1. The average molecular weight is 1510 g/mol. The Kier molecular flexibility index (Phi) is 35.8. The van der Waals surface area contributed by atoms with Crippen LogP contribution in [0, 0.1) is 5.92 Å². The number of hydrogen-bond acceptors (Lipinski definition) is 22. The van der Waals surface area contributed by atoms with Crippen molar-refractivity contribution in [3.05, 3.63) is 65.9 Å². The highest BCUT2D eigenvalue weighted by molar-refractivity contribution is 6.05. The number of nitrogens with one attached hydrogen (secondary N) is 14. The third kappa shape index (κ3) is 30.2. The topological polar surface area (TPSA) is 633 Å². The summed E-state index contributed by atoms with van der Waals surface area (Å²) in [4.78, 5) is 258. The number of amides is 13. The van der Waals surface area contributed by atoms with E-state index >= 15 is 0 Å². The van der Waals surface area contributed by atoms with Crippen molar-refractivity contribution in [2.24, 2.45) is 5.92 Å². The Morgan fingerprint density at radius 1 is 0.561 bits per heavy atom. The van der Waals surface area contributed by atoms with Gasteiger partial charge in [0.1, 0.15) is 60.5 Å². The maximum atomic E-state index is 14.6. The number of carbonyl (C=O) groups is 19. The Morgan fingerprint density at radius 3 is 1.76 bits per heavy atom. The SMILES string of the molecule is CCCCCCCCCC(=O)N[C@@H](Cc1c[nH]c2ccccc12)C(=O)NCC(=O)N[C@@H](CC(=O)O)C(=O)N[C@@H]1C(=O)NCC(=O)NCC(=O)N[C@@H](CC(=O)O)C(=O)N[C@H](C)C(=O)N[C@@H](CC(=O)O)C(=O)NCC(=O)N[C@H](CO)C(=O)NC([C@@H](C)CC(=O)O)C(=O)N[C@@H](CC(=O)c2ccccc2N)C(=O)O[C@@H]1C. The lowest BCUT2D eigenvalue weighted by molar-refractivity contribution is -0.156. The summed E-state index contributed by atoms with van der Waals surface area (Å²) in [6.45, 7) is -0.574. The molecule has 40 nitrogen and oxygen atoms in total. The monoisotopic (exact) mass is 1510 g/mol. The van der Waals surface area contributed by atoms with E-state index in [1.807, 2.05) is 26.6 Å². The van der Waals surface area contributed by atoms with Gasteiger partial charge in [-0.15, -0.1) is 0 Å². The predicted molar refractivity (Wildman–Crippen MR) is 370 cm³/mol. The molecule has 2 heterocycles. The Bertz CT molecular complexity index is 3770. The van der Waals surface area contributed by atoms with Gasteiger partial charge in [0.15, 0.2) is 5.78 Å². The zero-order valence-electron chi connectivity index (χ0n) is 59.0. The number of ketones is 1. The molecule has 0 saturated carbocycles. The van der Waals surface area contributed by atoms with Crippen LogP contribution in [-0.2, 0) is 97.5 Å². The highest BCUT2D eigenvalue weighted by Crippen LogP contribution is 2.21. The van der Waals surface area contributed by atoms with Gasteiger partial charge in [-0.3, -0.25) is 86.3 Å². The number of aliphatic carboxylic acids is 4. The number of ether oxygens (including phenoxy) is 1. The summed E-state index contributed by atoms with van der Waals surface area (Å²) in [7, 11) is 0. The molecule has 0 bridgehead atoms. The first-order valence-electron chi connectivity index (χ1n) is 34.0. The van der Waals surface area contributed by atoms with Crippen molar-refractivity contribution in [1.82, 2.24) is 74.1 Å². The molecule has 1 aliphatic heterocycles. The van der Waals surface area contributed by atoms with Crippen molar-refractivity contribution in [2.75, 3.05) is 38.5 Å². The largest absolute Gasteiger partial charge is 0.481 e. The first kappa shape index (κ1) is 87.3. The smallest absolute Gasteiger partial charge is 0.329 e. The molecule has 0 aliphatic carbocycles. The fourth-order valence-electron chi connectivity index (χ4n) is 10.7. The lowest BCUT2D eigenvalue weighted by Gasteiger charge is -2.29. The zero-order chi connectivity index (χ0) is 79.6. The number of unbranched alkanes of at least 4 members (excludes halogenated alkanes) is 6. The lowest BCUT2D eigenvalue weighted by atomic mass is 9.96. The number of nitrogen functional groups attached to an aromatic ring is 1. The number of aromatic nitrogens is 1. The lowest BCUT2D eigenvalue weighted by Crippen LogP contribution is -2.61. The molecule has 0 spiro atoms. The third-order valence-corrected chi connectivity index (χ3v) is 16.4. The number of aliphatic hydroxyl groups is 1. The fraction of sp³-hybridized carbons (Fsp3) is 0.507. The van der Waals surface area contributed by atoms with Gasteiger partial charge in [0, 0.05) is 47.6 Å². The molecule has 2 aromatic carbocycles. The van der Waals surface area contributed by atoms with Gasteiger partial charge in [0.2, 0.25) is 76.8 Å². The number of aromatic amines is 1. The molecule has 584 valence electrons. The van der Waals surface area contributed by atoms with E-state index in [4.69, 9.17) is 10.5 Å². The highest BCUT2D eigenvalue weighted by atomic mass is 16.5. The van der Waals surface area contributed by atoms with Crippen LogP contribution in [0.1, 0.15) is 127 Å². The fourth-order valence-corrected chi connectivity index (χ4v) is 10.7. The van der Waals surface area contributed by atoms with Crippen molar-refractivity contribution in [2.45, 2.75) is 178 Å². The van der Waals surface area contributed by atoms with Gasteiger partial charge in [-0.05, 0) is 49.9 Å². The minimum absolute atomic E-state index is 0.0643. The van der Waals surface area contributed by atoms with Gasteiger partial charge in [-0.1, -0.05) is 82.7 Å². The second kappa shape index (κ2) is 43.9. The Hall–Kier alpha value is -12.1. The number of carboxylic acid groups (broad SMARTS) is 4. The summed E-state index contributed by atoms with van der Waals surface area (Å²) in [5.74, 6) is -27.3. The second-order valence-corrected chi connectivity index (χ2v) is 25.1. The molecule has 1 fully saturated rings. The summed E-state index contributed by atoms with van der Waals surface area (Å²) in [6, 6.07) is -5.72. The number of rotatable bonds is 30. The quantitative estimate of drug-likeness (QED) is 0.0129. The van der Waals surface area contributed by atoms with Crippen molar-refractivity contribution in [1.29, 1.82) is 0 Å². The van der Waals surface area contributed by atoms with Crippen LogP contribution in [-0.4, -0.2) is 236 Å². The van der Waals surface area contributed by atoms with Gasteiger partial charge in [-0.25, -0.2) is 4.79 Å². The molecular weight excluding hydrogens is 1410 g/mol. The number of carboxylic acids is 4. The highest BCUT2D eigenvalue weighted by Gasteiger charge is 2.40. The Morgan fingerprint density at radius 2 is 1.12 bits per heavy atom. The van der Waals surface area contributed by atoms with Gasteiger partial charge < -0.3 is 110 Å². The van der Waals surface area contributed by atoms with Crippen LogP contribution >= 0.6 is 0 Å². The van der Waals surface area contributed by atoms with Gasteiger partial charge in [0.05, 0.1) is 58.5 Å². The maximum Gasteiger partial charge on any atom is 0.329 e. The number of nitrogens with two attached hydrogens (primary N) is 1. The molecule has 1 unspecified atom stereocenters. The van der Waals surface area contributed by atoms with Crippen LogP contribution in [0.2, 0.25) is 0 Å². The standard InChI is InChI=1S/C67H91N15O25/c1-5-6-7-8-9-10-11-20-48(85)75-41(22-36-27-69-40-19-15-13-16-37(36)40)60(99)71-30-51(88)77-44(26-56(96)97)63(102)82-58-35(4)107-67(106)45(23-47(84)38-17-12-14-18-39(38)68)80-66(105)57(33(2)21-53(90)91)81-64(103)46(32-83)78-52(89)31-72-61(100)42(24-54(92)93)79-59(98)34(3)74-62(101)43(25-55(94)95)76-50(87)29-70-49(86)28-73-65(58)104/h12-19,27,33-35,41-46,57-58,69,83H,5-11,20-26,28-32,68H2,1-4H3,(H,70,86)(H,71,99)(H,72,100)(H,73,104)(H,74,101)(H,75,85)(H,76,87)(H,77,88)(H,78,89)(H,79,98)(H,80,105)(H,81,103)(H,82,102)(H,90,91)(H,92,93)(H,94,95)(H,96,97)/t33-,34+,35+,41-,42-,43-,44-,45-,46+,57?,58-/m0/s1. The Balaban J connectivity index is 1.76. The van der Waals surface area contributed by atoms with Crippen LogP contribution in [0.4, 0.5) is 5.69 Å². The zero-order valence-corrected chi connectivity index (χ0v) is 59.0. The van der Waals surface area contributed by atoms with Gasteiger partial charge in [-0.2, -0.15) is 0 Å². The van der Waals surface area contributed by atoms with Crippen molar-refractivity contribution in [3.8, 4) is 0 Å². The average Bonchev–Trinajstić information content (AvgIpc) is 1.82. The number of fused-ring (bicyclic) bond motifs is 1. The van der Waals surface area contributed by atoms with E-state index < -0.39 is 244 Å². The molecule has 11 atom stereocenters. The van der Waals surface area contributed by atoms with Crippen LogP contribution < -0.4 is 74.9 Å². The number of cyclic esters (lactones) is 1. The minimum atomic E-state index is -2.34. The summed E-state index contributed by atoms with van der Waals surface area (Å²) in [6.07, 6.45) is 0.143. The molecular formula is C67H91N15O25. The number of carbonyl (C=O) groups excluding carboxylic acids is 15. The number of para-hydroxylation sites is 2. The number of hydrogen-bond donors (Lipinski definition) is 20. The number of H-pyrrole nitrogens is 1. The predicted octanol–water partition coefficient (Wildman–Crippen LogP) is -4.97. The van der Waals surface area contributed by atoms with Gasteiger partial charge >= 0.3 is 29.8 Å². The van der Waals surface area contributed by atoms with Crippen molar-refractivity contribution >= 4 is 129 Å². The summed E-state index contributed by atoms with van der Waals surface area (Å²) >= 11 is 0. The number of esters is 1. The van der Waals surface area contributed by atoms with Gasteiger partial charge in [0.25, 0.3) is 0 Å². The summed E-state index contributed by atoms with van der Waals surface area (Å²) in [5.41, 5.74) is 6.96. The van der Waals surface area contributed by atoms with E-state index in [-0.39, 0.29) is 24.1 Å². The molecule has 21 N–H and O–H groups in total. The van der Waals surface area contributed by atoms with E-state index in [2.05, 4.69) is 54.4 Å². The number of aliphatic hydroxyl groups excluding tert-OH is 1. The van der Waals surface area contributed by atoms with E-state index in [0.29, 0.717) is 17.5 Å².